The summed E-state index contributed by atoms with van der Waals surface area (Å²) in [5.74, 6) is 1.32. The highest BCUT2D eigenvalue weighted by molar-refractivity contribution is 5.76. The molecule has 7 heteroatoms. The van der Waals surface area contributed by atoms with Gasteiger partial charge in [0.05, 0.1) is 18.1 Å². The molecule has 31 heavy (non-hydrogen) atoms. The Kier molecular flexibility index (Phi) is 7.82. The van der Waals surface area contributed by atoms with E-state index in [4.69, 9.17) is 0 Å². The molecule has 2 aliphatic heterocycles. The number of nitrogens with zero attached hydrogens (tertiary/aromatic N) is 5. The molecule has 1 amide bonds. The van der Waals surface area contributed by atoms with E-state index in [9.17, 15) is 4.79 Å². The maximum Gasteiger partial charge on any atom is 0.222 e. The molecule has 2 fully saturated rings. The SMILES string of the molecule is O=C(CCCN1CCCCCC1)N1CCCC(c2ccc(Nc3cnccn3)cn2)C1. The van der Waals surface area contributed by atoms with Crippen LogP contribution < -0.4 is 5.32 Å². The molecule has 2 aromatic rings. The lowest BCUT2D eigenvalue weighted by Crippen LogP contribution is -2.39. The number of nitrogens with one attached hydrogen (secondary N) is 1. The van der Waals surface area contributed by atoms with Crippen molar-refractivity contribution in [3.63, 3.8) is 0 Å². The number of carbonyl (C=O) groups excluding carboxylic acids is 1. The van der Waals surface area contributed by atoms with Crippen LogP contribution in [-0.4, -0.2) is 63.4 Å². The maximum absolute atomic E-state index is 12.8. The standard InChI is InChI=1S/C24H34N6O/c31-24(8-6-15-29-13-3-1-2-4-14-29)30-16-5-7-20(19-30)22-10-9-21(17-27-22)28-23-18-25-11-12-26-23/h9-12,17-18,20H,1-8,13-16,19H2,(H,26,28). The Labute approximate surface area is 185 Å². The molecular weight excluding hydrogens is 388 g/mol. The fourth-order valence-corrected chi connectivity index (χ4v) is 4.65. The van der Waals surface area contributed by atoms with Crippen LogP contribution in [0.1, 0.15) is 63.0 Å². The third-order valence-corrected chi connectivity index (χ3v) is 6.38. The molecule has 2 aromatic heterocycles. The number of hydrogen-bond donors (Lipinski definition) is 1. The van der Waals surface area contributed by atoms with E-state index in [0.29, 0.717) is 24.1 Å². The normalized spacial score (nSPS) is 20.3. The summed E-state index contributed by atoms with van der Waals surface area (Å²) in [5.41, 5.74) is 1.95. The number of piperidine rings is 1. The van der Waals surface area contributed by atoms with Crippen molar-refractivity contribution in [1.82, 2.24) is 24.8 Å². The fourth-order valence-electron chi connectivity index (χ4n) is 4.65. The predicted octanol–water partition coefficient (Wildman–Crippen LogP) is 3.98. The van der Waals surface area contributed by atoms with Crippen LogP contribution in [-0.2, 0) is 4.79 Å². The van der Waals surface area contributed by atoms with E-state index in [-0.39, 0.29) is 0 Å². The lowest BCUT2D eigenvalue weighted by atomic mass is 9.94. The van der Waals surface area contributed by atoms with Gasteiger partial charge in [-0.1, -0.05) is 12.8 Å². The van der Waals surface area contributed by atoms with Crippen LogP contribution in [0.2, 0.25) is 0 Å². The summed E-state index contributed by atoms with van der Waals surface area (Å²) < 4.78 is 0. The lowest BCUT2D eigenvalue weighted by Gasteiger charge is -2.33. The summed E-state index contributed by atoms with van der Waals surface area (Å²) in [7, 11) is 0. The summed E-state index contributed by atoms with van der Waals surface area (Å²) in [6.45, 7) is 5.13. The highest BCUT2D eigenvalue weighted by Crippen LogP contribution is 2.27. The van der Waals surface area contributed by atoms with Gasteiger partial charge in [-0.2, -0.15) is 0 Å². The van der Waals surface area contributed by atoms with Crippen LogP contribution in [0.15, 0.2) is 36.9 Å². The van der Waals surface area contributed by atoms with Crippen molar-refractivity contribution in [2.24, 2.45) is 0 Å². The number of aromatic nitrogens is 3. The molecular formula is C24H34N6O. The second-order valence-corrected chi connectivity index (χ2v) is 8.73. The van der Waals surface area contributed by atoms with E-state index in [1.54, 1.807) is 18.6 Å². The van der Waals surface area contributed by atoms with E-state index >= 15 is 0 Å². The Morgan fingerprint density at radius 3 is 2.61 bits per heavy atom. The summed E-state index contributed by atoms with van der Waals surface area (Å²) in [4.78, 5) is 30.4. The van der Waals surface area contributed by atoms with Crippen molar-refractivity contribution in [2.75, 3.05) is 38.0 Å². The first-order valence-electron chi connectivity index (χ1n) is 11.8. The molecule has 0 spiro atoms. The van der Waals surface area contributed by atoms with E-state index < -0.39 is 0 Å². The molecule has 7 nitrogen and oxygen atoms in total. The number of hydrogen-bond acceptors (Lipinski definition) is 6. The van der Waals surface area contributed by atoms with Crippen molar-refractivity contribution < 1.29 is 4.79 Å². The minimum absolute atomic E-state index is 0.306. The smallest absolute Gasteiger partial charge is 0.222 e. The third-order valence-electron chi connectivity index (χ3n) is 6.38. The molecule has 1 atom stereocenters. The van der Waals surface area contributed by atoms with Gasteiger partial charge in [0.25, 0.3) is 0 Å². The van der Waals surface area contributed by atoms with Gasteiger partial charge < -0.3 is 15.1 Å². The highest BCUT2D eigenvalue weighted by Gasteiger charge is 2.25. The quantitative estimate of drug-likeness (QED) is 0.728. The number of carbonyl (C=O) groups is 1. The van der Waals surface area contributed by atoms with Gasteiger partial charge in [0.2, 0.25) is 5.91 Å². The molecule has 0 bridgehead atoms. The van der Waals surface area contributed by atoms with Crippen LogP contribution in [0.3, 0.4) is 0 Å². The Bertz CT molecular complexity index is 805. The van der Waals surface area contributed by atoms with Gasteiger partial charge in [-0.05, 0) is 63.9 Å². The zero-order valence-electron chi connectivity index (χ0n) is 18.4. The molecule has 4 rings (SSSR count). The monoisotopic (exact) mass is 422 g/mol. The van der Waals surface area contributed by atoms with E-state index in [1.807, 2.05) is 12.3 Å². The molecule has 1 N–H and O–H groups in total. The summed E-state index contributed by atoms with van der Waals surface area (Å²) in [6.07, 6.45) is 15.9. The molecule has 1 unspecified atom stereocenters. The molecule has 0 saturated carbocycles. The number of likely N-dealkylation sites (tertiary alicyclic amines) is 2. The Hall–Kier alpha value is -2.54. The van der Waals surface area contributed by atoms with Crippen molar-refractivity contribution in [3.8, 4) is 0 Å². The van der Waals surface area contributed by atoms with Crippen LogP contribution >= 0.6 is 0 Å². The first-order chi connectivity index (χ1) is 15.3. The Morgan fingerprint density at radius 2 is 1.87 bits per heavy atom. The number of anilines is 2. The first-order valence-corrected chi connectivity index (χ1v) is 11.8. The van der Waals surface area contributed by atoms with Crippen LogP contribution in [0.25, 0.3) is 0 Å². The minimum atomic E-state index is 0.306. The molecule has 0 aromatic carbocycles. The first kappa shape index (κ1) is 21.7. The zero-order chi connectivity index (χ0) is 21.3. The van der Waals surface area contributed by atoms with E-state index in [1.165, 1.54) is 38.8 Å². The van der Waals surface area contributed by atoms with Gasteiger partial charge in [-0.3, -0.25) is 14.8 Å². The van der Waals surface area contributed by atoms with Gasteiger partial charge in [0, 0.05) is 43.5 Å². The second kappa shape index (κ2) is 11.2. The number of amides is 1. The van der Waals surface area contributed by atoms with Gasteiger partial charge in [0.1, 0.15) is 5.82 Å². The average Bonchev–Trinajstić information content (AvgIpc) is 3.09. The molecule has 0 aliphatic carbocycles. The number of rotatable bonds is 7. The van der Waals surface area contributed by atoms with Crippen molar-refractivity contribution in [1.29, 1.82) is 0 Å². The predicted molar refractivity (Wildman–Crippen MR) is 122 cm³/mol. The maximum atomic E-state index is 12.8. The molecule has 4 heterocycles. The van der Waals surface area contributed by atoms with Crippen molar-refractivity contribution in [3.05, 3.63) is 42.6 Å². The Morgan fingerprint density at radius 1 is 1.00 bits per heavy atom. The fraction of sp³-hybridized carbons (Fsp3) is 0.583. The van der Waals surface area contributed by atoms with Gasteiger partial charge >= 0.3 is 0 Å². The topological polar surface area (TPSA) is 74.2 Å². The largest absolute Gasteiger partial charge is 0.342 e. The van der Waals surface area contributed by atoms with Crippen LogP contribution in [0, 0.1) is 0 Å². The average molecular weight is 423 g/mol. The molecule has 2 aliphatic rings. The highest BCUT2D eigenvalue weighted by atomic mass is 16.2. The summed E-state index contributed by atoms with van der Waals surface area (Å²) in [5, 5.41) is 3.21. The minimum Gasteiger partial charge on any atom is -0.342 e. The van der Waals surface area contributed by atoms with Crippen molar-refractivity contribution in [2.45, 2.75) is 57.3 Å². The molecule has 2 saturated heterocycles. The van der Waals surface area contributed by atoms with Gasteiger partial charge in [-0.15, -0.1) is 0 Å². The van der Waals surface area contributed by atoms with Gasteiger partial charge in [0.15, 0.2) is 0 Å². The summed E-state index contributed by atoms with van der Waals surface area (Å²) in [6, 6.07) is 4.09. The Balaban J connectivity index is 1.25. The van der Waals surface area contributed by atoms with E-state index in [2.05, 4.69) is 36.1 Å². The zero-order valence-corrected chi connectivity index (χ0v) is 18.4. The lowest BCUT2D eigenvalue weighted by molar-refractivity contribution is -0.132. The third kappa shape index (κ3) is 6.47. The van der Waals surface area contributed by atoms with Crippen molar-refractivity contribution >= 4 is 17.4 Å². The van der Waals surface area contributed by atoms with Gasteiger partial charge in [-0.25, -0.2) is 4.98 Å². The van der Waals surface area contributed by atoms with Crippen LogP contribution in [0.4, 0.5) is 11.5 Å². The van der Waals surface area contributed by atoms with Crippen LogP contribution in [0.5, 0.6) is 0 Å². The van der Waals surface area contributed by atoms with E-state index in [0.717, 1.165) is 50.3 Å². The summed E-state index contributed by atoms with van der Waals surface area (Å²) >= 11 is 0. The molecule has 0 radical (unpaired) electrons. The molecule has 166 valence electrons. The second-order valence-electron chi connectivity index (χ2n) is 8.73. The number of pyridine rings is 1.